The molecule has 0 aliphatic rings. The molecule has 1 aromatic heterocycles. The molecule has 5 heteroatoms. The van der Waals surface area contributed by atoms with Crippen LogP contribution in [0.4, 0.5) is 0 Å². The minimum absolute atomic E-state index is 0.226. The third-order valence-corrected chi connectivity index (χ3v) is 3.88. The number of hydrogen-bond donors (Lipinski definition) is 1. The van der Waals surface area contributed by atoms with Crippen LogP contribution in [0, 0.1) is 3.57 Å². The summed E-state index contributed by atoms with van der Waals surface area (Å²) in [7, 11) is 1.64. The van der Waals surface area contributed by atoms with Crippen molar-refractivity contribution in [3.63, 3.8) is 0 Å². The summed E-state index contributed by atoms with van der Waals surface area (Å²) in [5.41, 5.74) is 8.38. The number of benzene rings is 1. The van der Waals surface area contributed by atoms with Crippen molar-refractivity contribution in [2.45, 2.75) is 19.5 Å². The van der Waals surface area contributed by atoms with Gasteiger partial charge in [0.05, 0.1) is 19.3 Å². The van der Waals surface area contributed by atoms with Crippen LogP contribution in [0.5, 0.6) is 5.75 Å². The lowest BCUT2D eigenvalue weighted by Crippen LogP contribution is -2.19. The van der Waals surface area contributed by atoms with Gasteiger partial charge in [-0.2, -0.15) is 5.10 Å². The van der Waals surface area contributed by atoms with Crippen molar-refractivity contribution in [2.75, 3.05) is 7.11 Å². The number of aromatic nitrogens is 2. The second-order valence-corrected chi connectivity index (χ2v) is 5.08. The number of rotatable bonds is 4. The van der Waals surface area contributed by atoms with Gasteiger partial charge in [-0.25, -0.2) is 0 Å². The summed E-state index contributed by atoms with van der Waals surface area (Å²) < 4.78 is 8.37. The first-order valence-electron chi connectivity index (χ1n) is 5.78. The highest BCUT2D eigenvalue weighted by molar-refractivity contribution is 14.1. The predicted octanol–water partition coefficient (Wildman–Crippen LogP) is 2.56. The molecule has 0 fully saturated rings. The standard InChI is InChI=1S/C13H16IN3O/c1-3-17-13(11(18-2)8-16-17)12(15)9-6-4-5-7-10(9)14/h4-8,12H,3,15H2,1-2H3. The Balaban J connectivity index is 2.48. The van der Waals surface area contributed by atoms with Crippen LogP contribution in [0.15, 0.2) is 30.5 Å². The first-order valence-corrected chi connectivity index (χ1v) is 6.86. The predicted molar refractivity (Wildman–Crippen MR) is 79.6 cm³/mol. The van der Waals surface area contributed by atoms with E-state index in [1.807, 2.05) is 29.8 Å². The van der Waals surface area contributed by atoms with Crippen LogP contribution in [0.1, 0.15) is 24.2 Å². The fourth-order valence-electron chi connectivity index (χ4n) is 1.98. The normalized spacial score (nSPS) is 12.4. The SMILES string of the molecule is CCn1ncc(OC)c1C(N)c1ccccc1I. The molecule has 1 heterocycles. The van der Waals surface area contributed by atoms with Gasteiger partial charge in [-0.1, -0.05) is 18.2 Å². The first kappa shape index (κ1) is 13.4. The fourth-order valence-corrected chi connectivity index (χ4v) is 2.70. The summed E-state index contributed by atoms with van der Waals surface area (Å²) >= 11 is 2.30. The molecule has 2 N–H and O–H groups in total. The van der Waals surface area contributed by atoms with Crippen molar-refractivity contribution < 1.29 is 4.74 Å². The molecular formula is C13H16IN3O. The highest BCUT2D eigenvalue weighted by atomic mass is 127. The summed E-state index contributed by atoms with van der Waals surface area (Å²) in [5.74, 6) is 0.740. The lowest BCUT2D eigenvalue weighted by molar-refractivity contribution is 0.404. The highest BCUT2D eigenvalue weighted by Crippen LogP contribution is 2.30. The first-order chi connectivity index (χ1) is 8.69. The topological polar surface area (TPSA) is 53.1 Å². The van der Waals surface area contributed by atoms with E-state index < -0.39 is 0 Å². The molecule has 0 amide bonds. The second-order valence-electron chi connectivity index (χ2n) is 3.91. The zero-order chi connectivity index (χ0) is 13.1. The lowest BCUT2D eigenvalue weighted by Gasteiger charge is -2.16. The monoisotopic (exact) mass is 357 g/mol. The van der Waals surface area contributed by atoms with Gasteiger partial charge in [-0.15, -0.1) is 0 Å². The van der Waals surface area contributed by atoms with Crippen molar-refractivity contribution in [3.05, 3.63) is 45.3 Å². The van der Waals surface area contributed by atoms with Gasteiger partial charge in [0.15, 0.2) is 5.75 Å². The maximum Gasteiger partial charge on any atom is 0.161 e. The summed E-state index contributed by atoms with van der Waals surface area (Å²) in [4.78, 5) is 0. The maximum absolute atomic E-state index is 6.37. The number of ether oxygens (including phenoxy) is 1. The quantitative estimate of drug-likeness (QED) is 0.856. The number of halogens is 1. The van der Waals surface area contributed by atoms with Crippen LogP contribution in [-0.4, -0.2) is 16.9 Å². The van der Waals surface area contributed by atoms with Gasteiger partial charge in [-0.05, 0) is 41.1 Å². The van der Waals surface area contributed by atoms with E-state index in [1.165, 1.54) is 0 Å². The van der Waals surface area contributed by atoms with E-state index >= 15 is 0 Å². The van der Waals surface area contributed by atoms with Crippen molar-refractivity contribution in [1.82, 2.24) is 9.78 Å². The summed E-state index contributed by atoms with van der Waals surface area (Å²) in [6.45, 7) is 2.81. The van der Waals surface area contributed by atoms with E-state index in [-0.39, 0.29) is 6.04 Å². The minimum Gasteiger partial charge on any atom is -0.493 e. The summed E-state index contributed by atoms with van der Waals surface area (Å²) in [6.07, 6.45) is 1.72. The van der Waals surface area contributed by atoms with Crippen molar-refractivity contribution in [2.24, 2.45) is 5.73 Å². The van der Waals surface area contributed by atoms with Gasteiger partial charge in [0.2, 0.25) is 0 Å². The molecule has 96 valence electrons. The van der Waals surface area contributed by atoms with Crippen molar-refractivity contribution >= 4 is 22.6 Å². The summed E-state index contributed by atoms with van der Waals surface area (Å²) in [5, 5.41) is 4.29. The Morgan fingerprint density at radius 1 is 1.44 bits per heavy atom. The minimum atomic E-state index is -0.226. The highest BCUT2D eigenvalue weighted by Gasteiger charge is 2.21. The number of methoxy groups -OCH3 is 1. The molecule has 1 atom stereocenters. The number of hydrogen-bond acceptors (Lipinski definition) is 3. The van der Waals surface area contributed by atoms with Crippen LogP contribution in [-0.2, 0) is 6.54 Å². The maximum atomic E-state index is 6.37. The van der Waals surface area contributed by atoms with Crippen LogP contribution in [0.3, 0.4) is 0 Å². The number of nitrogens with two attached hydrogens (primary N) is 1. The lowest BCUT2D eigenvalue weighted by atomic mass is 10.0. The molecule has 0 bridgehead atoms. The van der Waals surface area contributed by atoms with Crippen LogP contribution in [0.25, 0.3) is 0 Å². The van der Waals surface area contributed by atoms with E-state index in [0.717, 1.165) is 27.1 Å². The third-order valence-electron chi connectivity index (χ3n) is 2.90. The van der Waals surface area contributed by atoms with Crippen molar-refractivity contribution in [3.8, 4) is 5.75 Å². The number of aryl methyl sites for hydroxylation is 1. The van der Waals surface area contributed by atoms with Crippen LogP contribution >= 0.6 is 22.6 Å². The Labute approximate surface area is 120 Å². The Bertz CT molecular complexity index is 517. The second kappa shape index (κ2) is 5.71. The smallest absolute Gasteiger partial charge is 0.161 e. The van der Waals surface area contributed by atoms with Gasteiger partial charge >= 0.3 is 0 Å². The molecule has 0 aliphatic carbocycles. The van der Waals surface area contributed by atoms with Gasteiger partial charge in [-0.3, -0.25) is 4.68 Å². The van der Waals surface area contributed by atoms with Crippen LogP contribution < -0.4 is 10.5 Å². The Morgan fingerprint density at radius 3 is 2.78 bits per heavy atom. The van der Waals surface area contributed by atoms with E-state index in [0.29, 0.717) is 0 Å². The molecule has 0 aliphatic heterocycles. The Morgan fingerprint density at radius 2 is 2.17 bits per heavy atom. The van der Waals surface area contributed by atoms with E-state index in [4.69, 9.17) is 10.5 Å². The molecule has 0 spiro atoms. The molecule has 2 rings (SSSR count). The zero-order valence-electron chi connectivity index (χ0n) is 10.4. The Hall–Kier alpha value is -1.08. The molecule has 4 nitrogen and oxygen atoms in total. The largest absolute Gasteiger partial charge is 0.493 e. The zero-order valence-corrected chi connectivity index (χ0v) is 12.6. The average molecular weight is 357 g/mol. The molecule has 0 saturated carbocycles. The summed E-state index contributed by atoms with van der Waals surface area (Å²) in [6, 6.07) is 7.87. The molecule has 0 saturated heterocycles. The molecule has 2 aromatic rings. The van der Waals surface area contributed by atoms with Crippen LogP contribution in [0.2, 0.25) is 0 Å². The third kappa shape index (κ3) is 2.37. The fraction of sp³-hybridized carbons (Fsp3) is 0.308. The van der Waals surface area contributed by atoms with Gasteiger partial charge in [0, 0.05) is 10.1 Å². The molecule has 1 unspecified atom stereocenters. The van der Waals surface area contributed by atoms with Gasteiger partial charge < -0.3 is 10.5 Å². The van der Waals surface area contributed by atoms with Gasteiger partial charge in [0.1, 0.15) is 5.69 Å². The van der Waals surface area contributed by atoms with E-state index in [2.05, 4.69) is 33.8 Å². The average Bonchev–Trinajstić information content (AvgIpc) is 2.81. The molecular weight excluding hydrogens is 341 g/mol. The molecule has 1 aromatic carbocycles. The van der Waals surface area contributed by atoms with E-state index in [1.54, 1.807) is 13.3 Å². The Kier molecular flexibility index (Phi) is 4.23. The van der Waals surface area contributed by atoms with Gasteiger partial charge in [0.25, 0.3) is 0 Å². The number of nitrogens with zero attached hydrogens (tertiary/aromatic N) is 2. The van der Waals surface area contributed by atoms with E-state index in [9.17, 15) is 0 Å². The molecule has 0 radical (unpaired) electrons. The van der Waals surface area contributed by atoms with Crippen molar-refractivity contribution in [1.29, 1.82) is 0 Å². The molecule has 18 heavy (non-hydrogen) atoms.